The zero-order valence-corrected chi connectivity index (χ0v) is 23.0. The molecule has 4 aromatic rings. The number of thiophene rings is 1. The van der Waals surface area contributed by atoms with Gasteiger partial charge in [-0.15, -0.1) is 11.3 Å². The van der Waals surface area contributed by atoms with Crippen LogP contribution in [0, 0.1) is 6.92 Å². The van der Waals surface area contributed by atoms with Gasteiger partial charge in [-0.1, -0.05) is 50.0 Å². The molecular weight excluding hydrogens is 492 g/mol. The summed E-state index contributed by atoms with van der Waals surface area (Å²) >= 11 is 1.43. The van der Waals surface area contributed by atoms with Crippen molar-refractivity contribution in [1.29, 1.82) is 0 Å². The van der Waals surface area contributed by atoms with Gasteiger partial charge in [0, 0.05) is 42.3 Å². The van der Waals surface area contributed by atoms with E-state index in [-0.39, 0.29) is 5.63 Å². The lowest BCUT2D eigenvalue weighted by molar-refractivity contribution is -0.0580. The number of rotatable bonds is 9. The number of ether oxygens (including phenoxy) is 3. The fraction of sp³-hybridized carbons (Fsp3) is 0.407. The van der Waals surface area contributed by atoms with E-state index in [9.17, 15) is 4.79 Å². The van der Waals surface area contributed by atoms with Crippen LogP contribution in [0.15, 0.2) is 51.8 Å². The highest BCUT2D eigenvalue weighted by Gasteiger charge is 2.29. The number of benzene rings is 1. The van der Waals surface area contributed by atoms with Gasteiger partial charge in [0.05, 0.1) is 25.5 Å². The summed E-state index contributed by atoms with van der Waals surface area (Å²) in [5, 5.41) is 5.50. The third-order valence-electron chi connectivity index (χ3n) is 6.28. The fourth-order valence-electron chi connectivity index (χ4n) is 4.25. The van der Waals surface area contributed by atoms with E-state index >= 15 is 0 Å². The maximum Gasteiger partial charge on any atom is 0.354 e. The molecule has 0 N–H and O–H groups in total. The molecule has 0 amide bonds. The molecule has 1 aliphatic rings. The van der Waals surface area contributed by atoms with Gasteiger partial charge in [0.2, 0.25) is 0 Å². The molecule has 0 radical (unpaired) electrons. The van der Waals surface area contributed by atoms with E-state index < -0.39 is 14.2 Å². The van der Waals surface area contributed by atoms with E-state index in [1.807, 2.05) is 48.1 Å². The molecule has 4 heterocycles. The predicted molar refractivity (Wildman–Crippen MR) is 144 cm³/mol. The van der Waals surface area contributed by atoms with E-state index in [1.165, 1.54) is 11.3 Å². The SMILES string of the molecule is Cc1nn(COCC[Si](C)(C)C)cc1-c1cc2c3c(oc(=O)c2s1)C(OCc1ccccc1)COC3. The minimum atomic E-state index is -1.13. The Labute approximate surface area is 215 Å². The van der Waals surface area contributed by atoms with Gasteiger partial charge in [0.25, 0.3) is 0 Å². The van der Waals surface area contributed by atoms with E-state index in [2.05, 4.69) is 30.8 Å². The second-order valence-electron chi connectivity index (χ2n) is 10.4. The molecule has 190 valence electrons. The summed E-state index contributed by atoms with van der Waals surface area (Å²) in [7, 11) is -1.13. The molecule has 3 aromatic heterocycles. The average molecular weight is 525 g/mol. The summed E-state index contributed by atoms with van der Waals surface area (Å²) in [5.74, 6) is 0.572. The number of fused-ring (bicyclic) bond motifs is 3. The number of nitrogens with zero attached hydrogens (tertiary/aromatic N) is 2. The summed E-state index contributed by atoms with van der Waals surface area (Å²) in [4.78, 5) is 13.9. The molecule has 0 bridgehead atoms. The van der Waals surface area contributed by atoms with Crippen LogP contribution in [0.5, 0.6) is 0 Å². The zero-order chi connectivity index (χ0) is 25.3. The topological polar surface area (TPSA) is 75.7 Å². The molecule has 1 atom stereocenters. The normalized spacial score (nSPS) is 15.9. The van der Waals surface area contributed by atoms with Crippen LogP contribution >= 0.6 is 11.3 Å². The molecule has 1 aromatic carbocycles. The Morgan fingerprint density at radius 3 is 2.81 bits per heavy atom. The predicted octanol–water partition coefficient (Wildman–Crippen LogP) is 6.13. The highest BCUT2D eigenvalue weighted by Crippen LogP contribution is 2.39. The molecule has 1 unspecified atom stereocenters. The Kier molecular flexibility index (Phi) is 7.27. The molecule has 0 aliphatic carbocycles. The number of hydrogen-bond donors (Lipinski definition) is 0. The van der Waals surface area contributed by atoms with Crippen LogP contribution in [0.3, 0.4) is 0 Å². The molecule has 5 rings (SSSR count). The van der Waals surface area contributed by atoms with Crippen molar-refractivity contribution >= 4 is 29.5 Å². The standard InChI is InChI=1S/C27H32N2O5SSi/c1-18-21(13-29(28-18)17-31-10-11-36(2,3)4)24-12-20-22-15-32-16-23(25(22)34-27(30)26(20)35-24)33-14-19-8-6-5-7-9-19/h5-9,12-13,23H,10-11,14-17H2,1-4H3. The highest BCUT2D eigenvalue weighted by molar-refractivity contribution is 7.22. The summed E-state index contributed by atoms with van der Waals surface area (Å²) < 4.78 is 26.0. The first kappa shape index (κ1) is 25.1. The van der Waals surface area contributed by atoms with Crippen LogP contribution in [0.4, 0.5) is 0 Å². The van der Waals surface area contributed by atoms with Gasteiger partial charge in [-0.3, -0.25) is 0 Å². The smallest absolute Gasteiger partial charge is 0.354 e. The van der Waals surface area contributed by atoms with Crippen molar-refractivity contribution in [2.24, 2.45) is 0 Å². The Morgan fingerprint density at radius 2 is 2.03 bits per heavy atom. The number of aryl methyl sites for hydroxylation is 1. The molecule has 7 nitrogen and oxygen atoms in total. The van der Waals surface area contributed by atoms with E-state index in [4.69, 9.17) is 18.6 Å². The van der Waals surface area contributed by atoms with Crippen LogP contribution in [-0.2, 0) is 34.2 Å². The second-order valence-corrected chi connectivity index (χ2v) is 17.1. The first-order chi connectivity index (χ1) is 17.3. The van der Waals surface area contributed by atoms with Gasteiger partial charge < -0.3 is 18.6 Å². The molecule has 36 heavy (non-hydrogen) atoms. The van der Waals surface area contributed by atoms with Gasteiger partial charge in [0.15, 0.2) is 0 Å². The van der Waals surface area contributed by atoms with Crippen LogP contribution in [0.2, 0.25) is 25.7 Å². The van der Waals surface area contributed by atoms with Gasteiger partial charge in [-0.05, 0) is 24.6 Å². The zero-order valence-electron chi connectivity index (χ0n) is 21.2. The van der Waals surface area contributed by atoms with E-state index in [1.54, 1.807) is 0 Å². The Morgan fingerprint density at radius 1 is 1.22 bits per heavy atom. The first-order valence-corrected chi connectivity index (χ1v) is 16.8. The van der Waals surface area contributed by atoms with Crippen LogP contribution in [0.1, 0.15) is 28.7 Å². The third kappa shape index (κ3) is 5.55. The summed E-state index contributed by atoms with van der Waals surface area (Å²) in [6, 6.07) is 13.1. The lowest BCUT2D eigenvalue weighted by Crippen LogP contribution is -2.22. The van der Waals surface area contributed by atoms with Crippen molar-refractivity contribution in [1.82, 2.24) is 9.78 Å². The van der Waals surface area contributed by atoms with Gasteiger partial charge >= 0.3 is 5.63 Å². The quantitative estimate of drug-likeness (QED) is 0.194. The number of hydrogen-bond acceptors (Lipinski definition) is 7. The fourth-order valence-corrected chi connectivity index (χ4v) is 6.13. The van der Waals surface area contributed by atoms with E-state index in [0.29, 0.717) is 37.0 Å². The van der Waals surface area contributed by atoms with Crippen LogP contribution in [-0.4, -0.2) is 31.1 Å². The van der Waals surface area contributed by atoms with E-state index in [0.717, 1.165) is 45.3 Å². The minimum absolute atomic E-state index is 0.338. The molecule has 0 fully saturated rings. The second kappa shape index (κ2) is 10.4. The summed E-state index contributed by atoms with van der Waals surface area (Å²) in [6.07, 6.45) is 1.57. The van der Waals surface area contributed by atoms with Crippen LogP contribution < -0.4 is 5.63 Å². The molecule has 0 spiro atoms. The maximum atomic E-state index is 13.0. The molecule has 0 saturated heterocycles. The Balaban J connectivity index is 1.38. The average Bonchev–Trinajstić information content (AvgIpc) is 3.45. The van der Waals surface area contributed by atoms with Crippen molar-refractivity contribution in [2.45, 2.75) is 58.7 Å². The van der Waals surface area contributed by atoms with Crippen molar-refractivity contribution < 1.29 is 18.6 Å². The lowest BCUT2D eigenvalue weighted by atomic mass is 10.0. The van der Waals surface area contributed by atoms with Crippen molar-refractivity contribution in [2.75, 3.05) is 13.2 Å². The van der Waals surface area contributed by atoms with Gasteiger partial charge in [-0.2, -0.15) is 5.10 Å². The minimum Gasteiger partial charge on any atom is -0.424 e. The third-order valence-corrected chi connectivity index (χ3v) is 9.13. The van der Waals surface area contributed by atoms with Crippen molar-refractivity contribution in [3.05, 3.63) is 75.6 Å². The molecule has 0 saturated carbocycles. The van der Waals surface area contributed by atoms with Crippen molar-refractivity contribution in [3.63, 3.8) is 0 Å². The molecule has 1 aliphatic heterocycles. The summed E-state index contributed by atoms with van der Waals surface area (Å²) in [6.45, 7) is 11.3. The molecular formula is C27H32N2O5SSi. The van der Waals surface area contributed by atoms with Crippen LogP contribution in [0.25, 0.3) is 20.5 Å². The maximum absolute atomic E-state index is 13.0. The Hall–Kier alpha value is -2.56. The lowest BCUT2D eigenvalue weighted by Gasteiger charge is -2.24. The first-order valence-electron chi connectivity index (χ1n) is 12.2. The Bertz CT molecular complexity index is 1400. The largest absolute Gasteiger partial charge is 0.424 e. The van der Waals surface area contributed by atoms with Crippen molar-refractivity contribution in [3.8, 4) is 10.4 Å². The van der Waals surface area contributed by atoms with Gasteiger partial charge in [0.1, 0.15) is 23.3 Å². The highest BCUT2D eigenvalue weighted by atomic mass is 32.1. The number of aromatic nitrogens is 2. The molecule has 9 heteroatoms. The summed E-state index contributed by atoms with van der Waals surface area (Å²) in [5.41, 5.74) is 3.49. The monoisotopic (exact) mass is 524 g/mol. The van der Waals surface area contributed by atoms with Gasteiger partial charge in [-0.25, -0.2) is 9.48 Å².